The first-order valence-electron chi connectivity index (χ1n) is 7.05. The minimum Gasteiger partial charge on any atom is -0.363 e. The van der Waals surface area contributed by atoms with Crippen molar-refractivity contribution in [3.63, 3.8) is 0 Å². The monoisotopic (exact) mass is 305 g/mol. The normalized spacial score (nSPS) is 14.1. The molecule has 21 heavy (non-hydrogen) atoms. The molecule has 6 heteroatoms. The van der Waals surface area contributed by atoms with E-state index in [0.717, 1.165) is 25.0 Å². The maximum Gasteiger partial charge on any atom is 0.263 e. The first-order chi connectivity index (χ1) is 10.1. The molecule has 3 rings (SSSR count). The van der Waals surface area contributed by atoms with Crippen LogP contribution in [-0.4, -0.2) is 20.4 Å². The van der Waals surface area contributed by atoms with Gasteiger partial charge in [0.05, 0.1) is 0 Å². The zero-order valence-electron chi connectivity index (χ0n) is 11.9. The number of aromatic amines is 1. The molecule has 112 valence electrons. The van der Waals surface area contributed by atoms with E-state index in [2.05, 4.69) is 15.0 Å². The summed E-state index contributed by atoms with van der Waals surface area (Å²) in [5.74, 6) is 0. The Hall–Kier alpha value is -1.79. The zero-order valence-corrected chi connectivity index (χ0v) is 12.8. The van der Waals surface area contributed by atoms with Gasteiger partial charge in [-0.25, -0.2) is 8.42 Å². The van der Waals surface area contributed by atoms with Crippen molar-refractivity contribution >= 4 is 15.7 Å². The van der Waals surface area contributed by atoms with E-state index in [9.17, 15) is 8.42 Å². The molecule has 0 radical (unpaired) electrons. The minimum absolute atomic E-state index is 0.258. The molecule has 0 saturated carbocycles. The lowest BCUT2D eigenvalue weighted by Crippen LogP contribution is -2.12. The highest BCUT2D eigenvalue weighted by Gasteiger charge is 2.18. The Labute approximate surface area is 124 Å². The lowest BCUT2D eigenvalue weighted by molar-refractivity contribution is 0.601. The Morgan fingerprint density at radius 1 is 1.19 bits per heavy atom. The number of anilines is 1. The number of sulfonamides is 1. The Kier molecular flexibility index (Phi) is 3.73. The third-order valence-electron chi connectivity index (χ3n) is 3.74. The van der Waals surface area contributed by atoms with Gasteiger partial charge in [-0.05, 0) is 55.6 Å². The third-order valence-corrected chi connectivity index (χ3v) is 5.11. The van der Waals surface area contributed by atoms with Gasteiger partial charge in [0.2, 0.25) is 0 Å². The molecule has 2 aromatic rings. The summed E-state index contributed by atoms with van der Waals surface area (Å²) in [5, 5.41) is 2.98. The molecule has 0 spiro atoms. The van der Waals surface area contributed by atoms with Gasteiger partial charge in [0.15, 0.2) is 0 Å². The molecule has 1 aromatic heterocycles. The van der Waals surface area contributed by atoms with Gasteiger partial charge in [0, 0.05) is 24.1 Å². The molecular formula is C15H19N3O2S. The number of hydrogen-bond acceptors (Lipinski definition) is 3. The summed E-state index contributed by atoms with van der Waals surface area (Å²) in [7, 11) is -1.72. The van der Waals surface area contributed by atoms with E-state index in [4.69, 9.17) is 0 Å². The van der Waals surface area contributed by atoms with Gasteiger partial charge in [0.25, 0.3) is 10.0 Å². The van der Waals surface area contributed by atoms with Crippen LogP contribution in [0.3, 0.4) is 0 Å². The van der Waals surface area contributed by atoms with E-state index < -0.39 is 10.0 Å². The van der Waals surface area contributed by atoms with Crippen molar-refractivity contribution in [1.82, 2.24) is 10.3 Å². The van der Waals surface area contributed by atoms with Crippen LogP contribution in [0, 0.1) is 0 Å². The molecule has 1 heterocycles. The van der Waals surface area contributed by atoms with Crippen molar-refractivity contribution in [2.24, 2.45) is 0 Å². The van der Waals surface area contributed by atoms with Crippen LogP contribution < -0.4 is 10.0 Å². The molecule has 0 saturated heterocycles. The molecule has 1 aliphatic carbocycles. The molecule has 0 bridgehead atoms. The molecule has 0 aliphatic heterocycles. The fourth-order valence-electron chi connectivity index (χ4n) is 2.72. The zero-order chi connectivity index (χ0) is 14.9. The van der Waals surface area contributed by atoms with Crippen LogP contribution in [-0.2, 0) is 29.4 Å². The van der Waals surface area contributed by atoms with E-state index >= 15 is 0 Å². The van der Waals surface area contributed by atoms with Crippen LogP contribution in [0.1, 0.15) is 23.2 Å². The van der Waals surface area contributed by atoms with E-state index in [1.54, 1.807) is 6.07 Å². The standard InChI is InChI=1S/C15H19N3O2S/c1-16-9-14-8-15(10-17-14)21(19,20)18-13-6-5-11-3-2-4-12(11)7-13/h5-8,10,16-18H,2-4,9H2,1H3. The summed E-state index contributed by atoms with van der Waals surface area (Å²) in [6.45, 7) is 0.606. The lowest BCUT2D eigenvalue weighted by atomic mass is 10.1. The van der Waals surface area contributed by atoms with Crippen molar-refractivity contribution in [2.45, 2.75) is 30.7 Å². The largest absolute Gasteiger partial charge is 0.363 e. The quantitative estimate of drug-likeness (QED) is 0.791. The predicted octanol–water partition coefficient (Wildman–Crippen LogP) is 2.02. The number of nitrogens with one attached hydrogen (secondary N) is 3. The number of aryl methyl sites for hydroxylation is 2. The van der Waals surface area contributed by atoms with Crippen LogP contribution in [0.2, 0.25) is 0 Å². The lowest BCUT2D eigenvalue weighted by Gasteiger charge is -2.08. The maximum atomic E-state index is 12.4. The van der Waals surface area contributed by atoms with Gasteiger partial charge in [-0.1, -0.05) is 6.07 Å². The molecular weight excluding hydrogens is 286 g/mol. The average Bonchev–Trinajstić information content (AvgIpc) is 3.07. The SMILES string of the molecule is CNCc1cc(S(=O)(=O)Nc2ccc3c(c2)CCC3)c[nH]1. The van der Waals surface area contributed by atoms with E-state index in [1.807, 2.05) is 25.2 Å². The Morgan fingerprint density at radius 3 is 2.81 bits per heavy atom. The van der Waals surface area contributed by atoms with Crippen LogP contribution in [0.15, 0.2) is 35.4 Å². The van der Waals surface area contributed by atoms with Gasteiger partial charge in [-0.15, -0.1) is 0 Å². The fourth-order valence-corrected chi connectivity index (χ4v) is 3.78. The predicted molar refractivity (Wildman–Crippen MR) is 82.8 cm³/mol. The number of fused-ring (bicyclic) bond motifs is 1. The van der Waals surface area contributed by atoms with Crippen LogP contribution in [0.5, 0.6) is 0 Å². The van der Waals surface area contributed by atoms with Crippen LogP contribution >= 0.6 is 0 Å². The topological polar surface area (TPSA) is 74.0 Å². The number of rotatable bonds is 5. The highest BCUT2D eigenvalue weighted by Crippen LogP contribution is 2.26. The van der Waals surface area contributed by atoms with E-state index in [-0.39, 0.29) is 4.90 Å². The van der Waals surface area contributed by atoms with Crippen molar-refractivity contribution < 1.29 is 8.42 Å². The Morgan fingerprint density at radius 2 is 2.00 bits per heavy atom. The van der Waals surface area contributed by atoms with E-state index in [0.29, 0.717) is 12.2 Å². The first kappa shape index (κ1) is 14.2. The van der Waals surface area contributed by atoms with E-state index in [1.165, 1.54) is 17.3 Å². The van der Waals surface area contributed by atoms with Crippen LogP contribution in [0.4, 0.5) is 5.69 Å². The number of aromatic nitrogens is 1. The number of hydrogen-bond donors (Lipinski definition) is 3. The molecule has 1 aliphatic rings. The second-order valence-corrected chi connectivity index (χ2v) is 7.02. The first-order valence-corrected chi connectivity index (χ1v) is 8.53. The fraction of sp³-hybridized carbons (Fsp3) is 0.333. The highest BCUT2D eigenvalue weighted by atomic mass is 32.2. The Balaban J connectivity index is 1.82. The summed E-state index contributed by atoms with van der Waals surface area (Å²) in [4.78, 5) is 3.22. The minimum atomic E-state index is -3.54. The van der Waals surface area contributed by atoms with Gasteiger partial charge >= 0.3 is 0 Å². The number of benzene rings is 1. The molecule has 1 aromatic carbocycles. The van der Waals surface area contributed by atoms with Crippen molar-refractivity contribution in [3.8, 4) is 0 Å². The smallest absolute Gasteiger partial charge is 0.263 e. The second kappa shape index (κ2) is 5.54. The molecule has 0 fully saturated rings. The van der Waals surface area contributed by atoms with Crippen molar-refractivity contribution in [3.05, 3.63) is 47.3 Å². The molecule has 3 N–H and O–H groups in total. The van der Waals surface area contributed by atoms with Gasteiger partial charge in [0.1, 0.15) is 4.90 Å². The van der Waals surface area contributed by atoms with Crippen LogP contribution in [0.25, 0.3) is 0 Å². The highest BCUT2D eigenvalue weighted by molar-refractivity contribution is 7.92. The molecule has 0 unspecified atom stereocenters. The average molecular weight is 305 g/mol. The third kappa shape index (κ3) is 2.96. The van der Waals surface area contributed by atoms with Crippen molar-refractivity contribution in [1.29, 1.82) is 0 Å². The van der Waals surface area contributed by atoms with Crippen molar-refractivity contribution in [2.75, 3.05) is 11.8 Å². The summed E-state index contributed by atoms with van der Waals surface area (Å²) in [6.07, 6.45) is 4.79. The number of H-pyrrole nitrogens is 1. The Bertz CT molecular complexity index is 750. The van der Waals surface area contributed by atoms with Gasteiger partial charge in [-0.3, -0.25) is 4.72 Å². The molecule has 5 nitrogen and oxygen atoms in total. The summed E-state index contributed by atoms with van der Waals surface area (Å²) in [5.41, 5.74) is 4.05. The second-order valence-electron chi connectivity index (χ2n) is 5.33. The molecule has 0 atom stereocenters. The van der Waals surface area contributed by atoms with Gasteiger partial charge < -0.3 is 10.3 Å². The summed E-state index contributed by atoms with van der Waals surface area (Å²) < 4.78 is 27.4. The summed E-state index contributed by atoms with van der Waals surface area (Å²) in [6, 6.07) is 7.44. The molecule has 0 amide bonds. The summed E-state index contributed by atoms with van der Waals surface area (Å²) >= 11 is 0. The maximum absolute atomic E-state index is 12.4. The van der Waals surface area contributed by atoms with Gasteiger partial charge in [-0.2, -0.15) is 0 Å².